The summed E-state index contributed by atoms with van der Waals surface area (Å²) in [5, 5.41) is 16.9. The molecular weight excluding hydrogens is 576 g/mol. The summed E-state index contributed by atoms with van der Waals surface area (Å²) in [6.45, 7) is -2.84. The van der Waals surface area contributed by atoms with E-state index in [-0.39, 0.29) is 22.3 Å². The van der Waals surface area contributed by atoms with Crippen LogP contribution in [0, 0.1) is 0 Å². The minimum Gasteiger partial charge on any atom is -0.477 e. The molecule has 4 N–H and O–H groups in total. The van der Waals surface area contributed by atoms with Crippen LogP contribution < -0.4 is 15.6 Å². The number of carboxylic acids is 1. The van der Waals surface area contributed by atoms with Crippen LogP contribution in [0.15, 0.2) is 57.3 Å². The van der Waals surface area contributed by atoms with Crippen molar-refractivity contribution < 1.29 is 37.7 Å². The molecule has 3 aromatic rings. The highest BCUT2D eigenvalue weighted by Crippen LogP contribution is 2.39. The van der Waals surface area contributed by atoms with Crippen LogP contribution in [0.4, 0.5) is 13.9 Å². The normalized spacial score (nSPS) is 19.5. The number of anilines is 1. The first-order valence-electron chi connectivity index (χ1n) is 11.1. The minimum absolute atomic E-state index is 0.0658. The lowest BCUT2D eigenvalue weighted by Gasteiger charge is -2.49. The van der Waals surface area contributed by atoms with E-state index in [9.17, 15) is 28.3 Å². The van der Waals surface area contributed by atoms with Crippen molar-refractivity contribution in [2.75, 3.05) is 11.5 Å². The number of amides is 2. The van der Waals surface area contributed by atoms with E-state index in [0.29, 0.717) is 11.4 Å². The molecule has 39 heavy (non-hydrogen) atoms. The van der Waals surface area contributed by atoms with Gasteiger partial charge in [-0.25, -0.2) is 14.8 Å². The van der Waals surface area contributed by atoms with Crippen molar-refractivity contribution in [1.82, 2.24) is 20.2 Å². The Balaban J connectivity index is 1.30. The number of hydrogen-bond acceptors (Lipinski definition) is 11. The van der Waals surface area contributed by atoms with E-state index in [0.717, 1.165) is 26.5 Å². The lowest BCUT2D eigenvalue weighted by Crippen LogP contribution is -2.73. The van der Waals surface area contributed by atoms with Gasteiger partial charge < -0.3 is 21.0 Å². The molecule has 0 aromatic carbocycles. The van der Waals surface area contributed by atoms with Crippen molar-refractivity contribution >= 4 is 73.3 Å². The molecule has 5 rings (SSSR count). The number of thiazole rings is 2. The average molecular weight is 595 g/mol. The molecule has 0 spiro atoms. The zero-order valence-corrected chi connectivity index (χ0v) is 22.0. The number of pyridine rings is 1. The molecule has 2 aliphatic heterocycles. The van der Waals surface area contributed by atoms with Gasteiger partial charge in [-0.3, -0.25) is 14.5 Å². The number of nitrogens with two attached hydrogens (primary N) is 1. The number of nitrogen functional groups attached to an aromatic ring is 1. The molecule has 2 unspecified atom stereocenters. The van der Waals surface area contributed by atoms with Gasteiger partial charge in [-0.2, -0.15) is 13.3 Å². The smallest absolute Gasteiger partial charge is 0.407 e. The molecule has 2 aliphatic rings. The van der Waals surface area contributed by atoms with Crippen LogP contribution in [0.1, 0.15) is 5.69 Å². The first kappa shape index (κ1) is 26.6. The van der Waals surface area contributed by atoms with Crippen LogP contribution >= 0.6 is 34.4 Å². The standard InChI is InChI=1S/C22H17F2N7O5S3/c23-21(24)36-29-15(11-7-38-22(25)27-11)18(32)28-16-12-8-37-14(17(20(34)35)31(12)19(16)33)2-1-4-30-5-3-13-10(6-30)26-9-39-13/h1-3,5-7,9,12,16,21H,4,8H2,(H3-,25,27,28,32,34,35)/p+1/b2-1+,29-15?. The predicted octanol–water partition coefficient (Wildman–Crippen LogP) is 1.56. The van der Waals surface area contributed by atoms with Crippen LogP contribution in [-0.4, -0.2) is 67.9 Å². The Morgan fingerprint density at radius 2 is 2.23 bits per heavy atom. The molecule has 202 valence electrons. The highest BCUT2D eigenvalue weighted by atomic mass is 32.2. The van der Waals surface area contributed by atoms with Crippen molar-refractivity contribution in [2.24, 2.45) is 5.16 Å². The number of aromatic nitrogens is 3. The molecule has 0 bridgehead atoms. The molecule has 1 fully saturated rings. The summed E-state index contributed by atoms with van der Waals surface area (Å²) < 4.78 is 28.1. The van der Waals surface area contributed by atoms with E-state index in [4.69, 9.17) is 5.73 Å². The molecular formula is C22H18F2N7O5S3+. The summed E-state index contributed by atoms with van der Waals surface area (Å²) in [6, 6.07) is 0.168. The lowest BCUT2D eigenvalue weighted by molar-refractivity contribution is -0.685. The van der Waals surface area contributed by atoms with Gasteiger partial charge in [0.1, 0.15) is 22.9 Å². The molecule has 0 radical (unpaired) electrons. The minimum atomic E-state index is -3.29. The van der Waals surface area contributed by atoms with Crippen molar-refractivity contribution in [1.29, 1.82) is 0 Å². The maximum Gasteiger partial charge on any atom is 0.407 e. The first-order chi connectivity index (χ1) is 18.7. The number of aliphatic carboxylic acids is 1. The summed E-state index contributed by atoms with van der Waals surface area (Å²) in [5.41, 5.74) is 7.26. The Bertz CT molecular complexity index is 1550. The van der Waals surface area contributed by atoms with Gasteiger partial charge in [-0.05, 0) is 12.2 Å². The number of carboxylic acid groups (broad SMARTS) is 1. The fraction of sp³-hybridized carbons (Fsp3) is 0.227. The van der Waals surface area contributed by atoms with E-state index >= 15 is 0 Å². The van der Waals surface area contributed by atoms with E-state index in [1.165, 1.54) is 28.5 Å². The van der Waals surface area contributed by atoms with Crippen LogP contribution in [-0.2, 0) is 25.8 Å². The van der Waals surface area contributed by atoms with Gasteiger partial charge in [0.25, 0.3) is 11.8 Å². The Morgan fingerprint density at radius 3 is 2.95 bits per heavy atom. The Kier molecular flexibility index (Phi) is 7.53. The molecule has 12 nitrogen and oxygen atoms in total. The summed E-state index contributed by atoms with van der Waals surface area (Å²) in [5.74, 6) is -2.67. The van der Waals surface area contributed by atoms with Gasteiger partial charge in [-0.1, -0.05) is 5.16 Å². The van der Waals surface area contributed by atoms with Gasteiger partial charge in [0.05, 0.1) is 16.3 Å². The lowest BCUT2D eigenvalue weighted by atomic mass is 9.94. The molecule has 3 aromatic heterocycles. The zero-order chi connectivity index (χ0) is 27.7. The fourth-order valence-electron chi connectivity index (χ4n) is 3.99. The summed E-state index contributed by atoms with van der Waals surface area (Å²) in [6.07, 6.45) is 7.18. The van der Waals surface area contributed by atoms with Crippen molar-refractivity contribution in [3.8, 4) is 0 Å². The quantitative estimate of drug-likeness (QED) is 0.144. The van der Waals surface area contributed by atoms with Crippen LogP contribution in [0.2, 0.25) is 0 Å². The molecule has 0 saturated carbocycles. The maximum atomic E-state index is 13.0. The highest BCUT2D eigenvalue weighted by molar-refractivity contribution is 8.03. The Morgan fingerprint density at radius 1 is 1.41 bits per heavy atom. The number of carbonyl (C=O) groups is 3. The van der Waals surface area contributed by atoms with Gasteiger partial charge in [0, 0.05) is 22.1 Å². The van der Waals surface area contributed by atoms with Crippen LogP contribution in [0.25, 0.3) is 10.2 Å². The second-order valence-electron chi connectivity index (χ2n) is 8.08. The van der Waals surface area contributed by atoms with E-state index in [2.05, 4.69) is 25.3 Å². The third kappa shape index (κ3) is 5.45. The Hall–Kier alpha value is -3.96. The maximum absolute atomic E-state index is 13.0. The molecule has 2 amide bonds. The highest BCUT2D eigenvalue weighted by Gasteiger charge is 2.54. The number of carbonyl (C=O) groups excluding carboxylic acids is 2. The number of nitrogens with one attached hydrogen (secondary N) is 1. The van der Waals surface area contributed by atoms with Gasteiger partial charge >= 0.3 is 12.6 Å². The number of allylic oxidation sites excluding steroid dienone is 2. The largest absolute Gasteiger partial charge is 0.477 e. The number of nitrogens with zero attached hydrogens (tertiary/aromatic N) is 5. The van der Waals surface area contributed by atoms with E-state index in [1.54, 1.807) is 17.7 Å². The number of fused-ring (bicyclic) bond motifs is 2. The monoisotopic (exact) mass is 594 g/mol. The molecule has 5 heterocycles. The van der Waals surface area contributed by atoms with E-state index < -0.39 is 42.2 Å². The number of rotatable bonds is 9. The molecule has 2 atom stereocenters. The summed E-state index contributed by atoms with van der Waals surface area (Å²) >= 11 is 3.70. The number of thioether (sulfide) groups is 1. The third-order valence-electron chi connectivity index (χ3n) is 5.71. The second-order valence-corrected chi connectivity index (χ2v) is 10.9. The van der Waals surface area contributed by atoms with Crippen molar-refractivity contribution in [3.05, 3.63) is 57.8 Å². The number of β-lactam (4-membered cyclic amide) rings is 1. The van der Waals surface area contributed by atoms with Gasteiger partial charge in [0.2, 0.25) is 0 Å². The fourth-order valence-corrected chi connectivity index (χ4v) is 6.39. The molecule has 17 heteroatoms. The number of halogens is 2. The van der Waals surface area contributed by atoms with Gasteiger partial charge in [0.15, 0.2) is 29.8 Å². The number of alkyl halides is 2. The van der Waals surface area contributed by atoms with Crippen molar-refractivity contribution in [3.63, 3.8) is 0 Å². The Labute approximate surface area is 230 Å². The van der Waals surface area contributed by atoms with Crippen LogP contribution in [0.3, 0.4) is 0 Å². The van der Waals surface area contributed by atoms with Crippen molar-refractivity contribution in [2.45, 2.75) is 25.2 Å². The second kappa shape index (κ2) is 11.0. The van der Waals surface area contributed by atoms with Crippen LogP contribution in [0.5, 0.6) is 0 Å². The summed E-state index contributed by atoms with van der Waals surface area (Å²) in [7, 11) is 0. The topological polar surface area (TPSA) is 164 Å². The first-order valence-corrected chi connectivity index (χ1v) is 13.8. The zero-order valence-electron chi connectivity index (χ0n) is 19.6. The van der Waals surface area contributed by atoms with E-state index in [1.807, 2.05) is 23.0 Å². The third-order valence-corrected chi connectivity index (χ3v) is 8.34. The average Bonchev–Trinajstić information content (AvgIpc) is 3.55. The number of hydrogen-bond donors (Lipinski definition) is 3. The summed E-state index contributed by atoms with van der Waals surface area (Å²) in [4.78, 5) is 51.5. The molecule has 0 aliphatic carbocycles. The van der Waals surface area contributed by atoms with Gasteiger partial charge in [-0.15, -0.1) is 34.4 Å². The SMILES string of the molecule is Nc1nc(C(=NOC(F)F)C(=O)NC2C(=O)N3C(C(=O)O)=C(/C=C/C[n+]4ccc5scnc5c4)SCC23)cs1. The number of oxime groups is 1. The molecule has 1 saturated heterocycles. The predicted molar refractivity (Wildman–Crippen MR) is 139 cm³/mol.